The number of alkyl carbamates (subject to hydrolysis) is 1. The first-order valence-electron chi connectivity index (χ1n) is 17.6. The maximum atomic E-state index is 14.5. The molecule has 0 spiro atoms. The maximum absolute atomic E-state index is 14.5. The third-order valence-electron chi connectivity index (χ3n) is 9.74. The van der Waals surface area contributed by atoms with Crippen LogP contribution in [0.2, 0.25) is 0 Å². The van der Waals surface area contributed by atoms with Crippen molar-refractivity contribution in [2.24, 2.45) is 5.92 Å². The Morgan fingerprint density at radius 1 is 1.10 bits per heavy atom. The quantitative estimate of drug-likeness (QED) is 0.300. The number of methoxy groups -OCH3 is 1. The number of carboxylic acids is 1. The Morgan fingerprint density at radius 3 is 2.58 bits per heavy atom. The molecule has 1 unspecified atom stereocenters. The predicted molar refractivity (Wildman–Crippen MR) is 192 cm³/mol. The lowest BCUT2D eigenvalue weighted by molar-refractivity contribution is -0.146. The number of hydrogen-bond donors (Lipinski definition) is 3. The number of hydrogen-bond acceptors (Lipinski definition) is 9. The summed E-state index contributed by atoms with van der Waals surface area (Å²) in [7, 11) is 1.58. The van der Waals surface area contributed by atoms with Crippen LogP contribution in [0.3, 0.4) is 0 Å². The molecule has 3 N–H and O–H groups in total. The van der Waals surface area contributed by atoms with Gasteiger partial charge in [0.25, 0.3) is 0 Å². The fourth-order valence-corrected chi connectivity index (χ4v) is 6.94. The Balaban J connectivity index is 1.36. The standard InChI is InChI=1S/C39H46N4O9/c1-23-33(41-37(48)52-38(2,3)4)35(45)43-22-27(19-31(43)34(44)42-39(36(46)47)21-25(39)14-10-7-11-17-50-23)51-32-20-29(24-12-8-6-9-13-24)40-30-18-26(49-5)15-16-28(30)32/h6-9,11-13,15-16,18,20,23,25,27,31,33H,10,14,17,19,21-22H2,1-5H3,(H,41,48)(H,42,44)(H,46,47)/t23-,25?,27-,31+,33+,39-/m1/s1. The van der Waals surface area contributed by atoms with Gasteiger partial charge < -0.3 is 39.6 Å². The number of fused-ring (bicyclic) bond motifs is 3. The number of aliphatic carboxylic acids is 1. The fraction of sp³-hybridized carbons (Fsp3) is 0.462. The van der Waals surface area contributed by atoms with Crippen LogP contribution < -0.4 is 20.1 Å². The topological polar surface area (TPSA) is 166 Å². The molecular weight excluding hydrogens is 668 g/mol. The van der Waals surface area contributed by atoms with Gasteiger partial charge in [-0.2, -0.15) is 0 Å². The summed E-state index contributed by atoms with van der Waals surface area (Å²) in [6.07, 6.45) is 2.87. The second-order valence-electron chi connectivity index (χ2n) is 14.6. The van der Waals surface area contributed by atoms with E-state index in [1.807, 2.05) is 54.6 Å². The number of carboxylic acid groups (broad SMARTS) is 1. The van der Waals surface area contributed by atoms with Crippen LogP contribution in [0.15, 0.2) is 66.7 Å². The van der Waals surface area contributed by atoms with Gasteiger partial charge in [-0.3, -0.25) is 9.59 Å². The zero-order valence-corrected chi connectivity index (χ0v) is 30.1. The van der Waals surface area contributed by atoms with Gasteiger partial charge in [-0.15, -0.1) is 0 Å². The van der Waals surface area contributed by atoms with E-state index in [0.29, 0.717) is 40.9 Å². The average molecular weight is 715 g/mol. The summed E-state index contributed by atoms with van der Waals surface area (Å²) in [6, 6.07) is 14.6. The molecule has 3 amide bonds. The molecule has 0 radical (unpaired) electrons. The monoisotopic (exact) mass is 714 g/mol. The summed E-state index contributed by atoms with van der Waals surface area (Å²) in [6.45, 7) is 6.94. The highest BCUT2D eigenvalue weighted by molar-refractivity contribution is 5.96. The second kappa shape index (κ2) is 14.8. The Kier molecular flexibility index (Phi) is 10.4. The van der Waals surface area contributed by atoms with Crippen LogP contribution >= 0.6 is 0 Å². The van der Waals surface area contributed by atoms with Crippen molar-refractivity contribution in [1.29, 1.82) is 0 Å². The van der Waals surface area contributed by atoms with E-state index in [1.165, 1.54) is 4.90 Å². The van der Waals surface area contributed by atoms with Gasteiger partial charge in [-0.05, 0) is 65.0 Å². The molecule has 3 aromatic rings. The van der Waals surface area contributed by atoms with Gasteiger partial charge in [-0.1, -0.05) is 42.5 Å². The van der Waals surface area contributed by atoms with Crippen LogP contribution in [0.1, 0.15) is 53.4 Å². The van der Waals surface area contributed by atoms with Gasteiger partial charge in [-0.25, -0.2) is 14.6 Å². The molecule has 1 aromatic heterocycles. The molecular formula is C39H46N4O9. The minimum absolute atomic E-state index is 0.0276. The van der Waals surface area contributed by atoms with E-state index in [2.05, 4.69) is 10.6 Å². The van der Waals surface area contributed by atoms with Gasteiger partial charge in [0.2, 0.25) is 11.8 Å². The van der Waals surface area contributed by atoms with Crippen LogP contribution in [0.25, 0.3) is 22.2 Å². The number of aromatic nitrogens is 1. The minimum atomic E-state index is -1.43. The van der Waals surface area contributed by atoms with Crippen molar-refractivity contribution in [3.63, 3.8) is 0 Å². The zero-order valence-electron chi connectivity index (χ0n) is 30.1. The number of amides is 3. The van der Waals surface area contributed by atoms with Crippen LogP contribution in [0.5, 0.6) is 11.5 Å². The van der Waals surface area contributed by atoms with E-state index in [-0.39, 0.29) is 31.9 Å². The number of benzene rings is 2. The highest BCUT2D eigenvalue weighted by atomic mass is 16.6. The van der Waals surface area contributed by atoms with Gasteiger partial charge in [0.15, 0.2) is 0 Å². The van der Waals surface area contributed by atoms with Crippen LogP contribution in [-0.4, -0.2) is 94.6 Å². The molecule has 276 valence electrons. The van der Waals surface area contributed by atoms with E-state index < -0.39 is 59.3 Å². The molecule has 2 fully saturated rings. The van der Waals surface area contributed by atoms with Crippen molar-refractivity contribution in [2.45, 2.75) is 88.8 Å². The van der Waals surface area contributed by atoms with E-state index in [1.54, 1.807) is 46.9 Å². The van der Waals surface area contributed by atoms with Gasteiger partial charge in [0, 0.05) is 29.5 Å². The van der Waals surface area contributed by atoms with Gasteiger partial charge in [0.05, 0.1) is 37.6 Å². The zero-order chi connectivity index (χ0) is 37.2. The SMILES string of the molecule is COc1ccc2c(O[C@@H]3C[C@H]4C(=O)N[C@]5(C(=O)O)CC5CCC=CCO[C@H](C)[C@H](NC(=O)OC(C)(C)C)C(=O)N4C3)cc(-c3ccccc3)nc2c1. The summed E-state index contributed by atoms with van der Waals surface area (Å²) in [5, 5.41) is 16.4. The second-order valence-corrected chi connectivity index (χ2v) is 14.6. The first-order valence-corrected chi connectivity index (χ1v) is 17.6. The molecule has 3 aliphatic rings. The van der Waals surface area contributed by atoms with Crippen molar-refractivity contribution >= 4 is 34.8 Å². The Hall–Kier alpha value is -5.17. The first-order chi connectivity index (χ1) is 24.8. The molecule has 1 aliphatic carbocycles. The molecule has 6 rings (SSSR count). The molecule has 6 atom stereocenters. The van der Waals surface area contributed by atoms with Gasteiger partial charge in [0.1, 0.15) is 40.8 Å². The van der Waals surface area contributed by atoms with E-state index in [4.69, 9.17) is 23.9 Å². The normalized spacial score (nSPS) is 26.6. The van der Waals surface area contributed by atoms with Crippen molar-refractivity contribution in [2.75, 3.05) is 20.3 Å². The van der Waals surface area contributed by atoms with Crippen molar-refractivity contribution in [3.8, 4) is 22.8 Å². The first kappa shape index (κ1) is 36.6. The number of pyridine rings is 1. The molecule has 0 bridgehead atoms. The summed E-state index contributed by atoms with van der Waals surface area (Å²) >= 11 is 0. The summed E-state index contributed by atoms with van der Waals surface area (Å²) < 4.78 is 23.6. The Labute approximate surface area is 302 Å². The van der Waals surface area contributed by atoms with Crippen LogP contribution in [0.4, 0.5) is 4.79 Å². The van der Waals surface area contributed by atoms with Crippen molar-refractivity contribution < 1.29 is 43.2 Å². The maximum Gasteiger partial charge on any atom is 0.408 e. The third kappa shape index (κ3) is 7.99. The number of nitrogens with zero attached hydrogens (tertiary/aromatic N) is 2. The minimum Gasteiger partial charge on any atom is -0.497 e. The smallest absolute Gasteiger partial charge is 0.408 e. The number of carbonyl (C=O) groups is 4. The lowest BCUT2D eigenvalue weighted by Crippen LogP contribution is -2.59. The van der Waals surface area contributed by atoms with E-state index >= 15 is 0 Å². The highest BCUT2D eigenvalue weighted by Crippen LogP contribution is 2.47. The summed E-state index contributed by atoms with van der Waals surface area (Å²) in [5.74, 6) is -1.46. The van der Waals surface area contributed by atoms with Crippen molar-refractivity contribution in [3.05, 3.63) is 66.7 Å². The molecule has 2 aromatic carbocycles. The molecule has 13 heteroatoms. The molecule has 13 nitrogen and oxygen atoms in total. The van der Waals surface area contributed by atoms with Crippen LogP contribution in [-0.2, 0) is 23.9 Å². The Morgan fingerprint density at radius 2 is 1.87 bits per heavy atom. The van der Waals surface area contributed by atoms with E-state index in [9.17, 15) is 24.3 Å². The summed E-state index contributed by atoms with van der Waals surface area (Å²) in [4.78, 5) is 60.5. The molecule has 1 saturated carbocycles. The number of nitrogens with one attached hydrogen (secondary N) is 2. The number of allylic oxidation sites excluding steroid dienone is 1. The van der Waals surface area contributed by atoms with Gasteiger partial charge >= 0.3 is 12.1 Å². The highest BCUT2D eigenvalue weighted by Gasteiger charge is 2.62. The number of carbonyl (C=O) groups excluding carboxylic acids is 3. The number of rotatable bonds is 6. The third-order valence-corrected chi connectivity index (χ3v) is 9.74. The predicted octanol–water partition coefficient (Wildman–Crippen LogP) is 4.87. The van der Waals surface area contributed by atoms with Crippen molar-refractivity contribution in [1.82, 2.24) is 20.5 Å². The lowest BCUT2D eigenvalue weighted by atomic mass is 10.1. The molecule has 1 saturated heterocycles. The largest absolute Gasteiger partial charge is 0.497 e. The molecule has 2 aliphatic heterocycles. The fourth-order valence-electron chi connectivity index (χ4n) is 6.94. The molecule has 3 heterocycles. The number of ether oxygens (including phenoxy) is 4. The summed E-state index contributed by atoms with van der Waals surface area (Å²) in [5.41, 5.74) is -0.119. The Bertz CT molecular complexity index is 1860. The van der Waals surface area contributed by atoms with E-state index in [0.717, 1.165) is 5.56 Å². The molecule has 52 heavy (non-hydrogen) atoms. The lowest BCUT2D eigenvalue weighted by Gasteiger charge is -2.32. The average Bonchev–Trinajstić information content (AvgIpc) is 3.64. The van der Waals surface area contributed by atoms with Crippen LogP contribution in [0, 0.1) is 5.92 Å².